The van der Waals surface area contributed by atoms with Crippen LogP contribution in [0.4, 0.5) is 0 Å². The molecule has 0 N–H and O–H groups in total. The second kappa shape index (κ2) is 4.63. The van der Waals surface area contributed by atoms with E-state index in [0.29, 0.717) is 5.88 Å². The number of hydrogen-bond donors (Lipinski definition) is 0. The van der Waals surface area contributed by atoms with Crippen LogP contribution in [-0.2, 0) is 0 Å². The van der Waals surface area contributed by atoms with Crippen LogP contribution in [0.15, 0.2) is 30.3 Å². The summed E-state index contributed by atoms with van der Waals surface area (Å²) in [5.74, 6) is 0.614. The van der Waals surface area contributed by atoms with E-state index in [1.54, 1.807) is 0 Å². The van der Waals surface area contributed by atoms with Crippen molar-refractivity contribution in [3.05, 3.63) is 35.9 Å². The zero-order valence-corrected chi connectivity index (χ0v) is 7.65. The number of alkyl halides is 2. The third-order valence-corrected chi connectivity index (χ3v) is 2.21. The number of rotatable bonds is 3. The van der Waals surface area contributed by atoms with Gasteiger partial charge in [-0.25, -0.2) is 0 Å². The molecule has 1 aromatic rings. The monoisotopic (exact) mass is 188 g/mol. The van der Waals surface area contributed by atoms with Crippen LogP contribution in [0, 0.1) is 0 Å². The Labute approximate surface area is 77.1 Å². The summed E-state index contributed by atoms with van der Waals surface area (Å²) in [4.78, 5) is 0. The minimum Gasteiger partial charge on any atom is -0.127 e. The Kier molecular flexibility index (Phi) is 3.74. The first-order valence-electron chi connectivity index (χ1n) is 3.59. The van der Waals surface area contributed by atoms with Crippen molar-refractivity contribution >= 4 is 23.2 Å². The van der Waals surface area contributed by atoms with Gasteiger partial charge in [0.25, 0.3) is 0 Å². The van der Waals surface area contributed by atoms with E-state index in [-0.39, 0.29) is 5.38 Å². The average molecular weight is 189 g/mol. The first-order chi connectivity index (χ1) is 5.34. The van der Waals surface area contributed by atoms with Gasteiger partial charge in [0.2, 0.25) is 0 Å². The molecule has 0 bridgehead atoms. The molecule has 0 saturated carbocycles. The SMILES string of the molecule is ClCC[C@H](Cl)c1ccccc1. The third kappa shape index (κ3) is 2.72. The summed E-state index contributed by atoms with van der Waals surface area (Å²) < 4.78 is 0. The van der Waals surface area contributed by atoms with Gasteiger partial charge in [0.15, 0.2) is 0 Å². The summed E-state index contributed by atoms with van der Waals surface area (Å²) in [5, 5.41) is 0.0636. The number of hydrogen-bond acceptors (Lipinski definition) is 0. The van der Waals surface area contributed by atoms with E-state index < -0.39 is 0 Å². The molecule has 0 aliphatic carbocycles. The largest absolute Gasteiger partial charge is 0.127 e. The fraction of sp³-hybridized carbons (Fsp3) is 0.333. The molecular formula is C9H10Cl2. The maximum atomic E-state index is 6.02. The highest BCUT2D eigenvalue weighted by Crippen LogP contribution is 2.23. The standard InChI is InChI=1S/C9H10Cl2/c10-7-6-9(11)8-4-2-1-3-5-8/h1-5,9H,6-7H2/t9-/m0/s1. The molecule has 0 unspecified atom stereocenters. The Hall–Kier alpha value is -0.200. The molecule has 0 radical (unpaired) electrons. The van der Waals surface area contributed by atoms with E-state index in [9.17, 15) is 0 Å². The zero-order valence-electron chi connectivity index (χ0n) is 6.13. The van der Waals surface area contributed by atoms with Gasteiger partial charge in [-0.15, -0.1) is 23.2 Å². The van der Waals surface area contributed by atoms with Gasteiger partial charge in [-0.05, 0) is 12.0 Å². The molecule has 0 saturated heterocycles. The Balaban J connectivity index is 2.61. The van der Waals surface area contributed by atoms with Gasteiger partial charge in [0.05, 0.1) is 5.38 Å². The maximum absolute atomic E-state index is 6.02. The minimum absolute atomic E-state index is 0.0636. The van der Waals surface area contributed by atoms with Crippen molar-refractivity contribution in [2.75, 3.05) is 5.88 Å². The summed E-state index contributed by atoms with van der Waals surface area (Å²) in [7, 11) is 0. The van der Waals surface area contributed by atoms with Crippen LogP contribution < -0.4 is 0 Å². The molecule has 0 nitrogen and oxygen atoms in total. The molecule has 0 fully saturated rings. The van der Waals surface area contributed by atoms with Gasteiger partial charge in [-0.1, -0.05) is 30.3 Å². The van der Waals surface area contributed by atoms with Crippen LogP contribution in [0.5, 0.6) is 0 Å². The molecule has 1 atom stereocenters. The van der Waals surface area contributed by atoms with Gasteiger partial charge in [-0.3, -0.25) is 0 Å². The van der Waals surface area contributed by atoms with Crippen molar-refractivity contribution in [2.45, 2.75) is 11.8 Å². The summed E-state index contributed by atoms with van der Waals surface area (Å²) in [5.41, 5.74) is 1.15. The Morgan fingerprint density at radius 1 is 1.18 bits per heavy atom. The second-order valence-electron chi connectivity index (χ2n) is 2.36. The molecule has 0 aliphatic heterocycles. The number of benzene rings is 1. The molecule has 11 heavy (non-hydrogen) atoms. The van der Waals surface area contributed by atoms with Crippen LogP contribution in [0.2, 0.25) is 0 Å². The summed E-state index contributed by atoms with van der Waals surface area (Å²) in [6, 6.07) is 9.99. The first-order valence-corrected chi connectivity index (χ1v) is 4.56. The molecule has 0 heterocycles. The molecule has 1 rings (SSSR count). The molecule has 0 aliphatic rings. The Morgan fingerprint density at radius 2 is 1.82 bits per heavy atom. The van der Waals surface area contributed by atoms with Gasteiger partial charge < -0.3 is 0 Å². The lowest BCUT2D eigenvalue weighted by atomic mass is 10.1. The molecule has 0 aromatic heterocycles. The summed E-state index contributed by atoms with van der Waals surface area (Å²) in [6.45, 7) is 0. The predicted molar refractivity (Wildman–Crippen MR) is 50.4 cm³/mol. The number of halogens is 2. The molecule has 0 spiro atoms. The van der Waals surface area contributed by atoms with E-state index in [1.165, 1.54) is 0 Å². The molecule has 60 valence electrons. The summed E-state index contributed by atoms with van der Waals surface area (Å²) >= 11 is 11.6. The highest BCUT2D eigenvalue weighted by atomic mass is 35.5. The summed E-state index contributed by atoms with van der Waals surface area (Å²) in [6.07, 6.45) is 0.827. The van der Waals surface area contributed by atoms with Crippen LogP contribution in [0.1, 0.15) is 17.4 Å². The first kappa shape index (κ1) is 8.89. The van der Waals surface area contributed by atoms with Crippen LogP contribution >= 0.6 is 23.2 Å². The van der Waals surface area contributed by atoms with Crippen molar-refractivity contribution < 1.29 is 0 Å². The normalized spacial score (nSPS) is 12.9. The van der Waals surface area contributed by atoms with E-state index in [1.807, 2.05) is 30.3 Å². The maximum Gasteiger partial charge on any atom is 0.0596 e. The van der Waals surface area contributed by atoms with E-state index >= 15 is 0 Å². The van der Waals surface area contributed by atoms with Crippen molar-refractivity contribution in [1.29, 1.82) is 0 Å². The topological polar surface area (TPSA) is 0 Å². The lowest BCUT2D eigenvalue weighted by Gasteiger charge is -2.05. The molecule has 2 heteroatoms. The molecule has 1 aromatic carbocycles. The van der Waals surface area contributed by atoms with Gasteiger partial charge in [-0.2, -0.15) is 0 Å². The molecular weight excluding hydrogens is 179 g/mol. The van der Waals surface area contributed by atoms with Crippen molar-refractivity contribution in [3.8, 4) is 0 Å². The van der Waals surface area contributed by atoms with Crippen LogP contribution in [0.3, 0.4) is 0 Å². The fourth-order valence-corrected chi connectivity index (χ4v) is 1.51. The zero-order chi connectivity index (χ0) is 8.10. The Morgan fingerprint density at radius 3 is 2.36 bits per heavy atom. The van der Waals surface area contributed by atoms with Crippen molar-refractivity contribution in [1.82, 2.24) is 0 Å². The minimum atomic E-state index is 0.0636. The van der Waals surface area contributed by atoms with Crippen molar-refractivity contribution in [3.63, 3.8) is 0 Å². The van der Waals surface area contributed by atoms with Gasteiger partial charge in [0, 0.05) is 5.88 Å². The van der Waals surface area contributed by atoms with Gasteiger partial charge >= 0.3 is 0 Å². The van der Waals surface area contributed by atoms with E-state index in [0.717, 1.165) is 12.0 Å². The third-order valence-electron chi connectivity index (χ3n) is 1.52. The second-order valence-corrected chi connectivity index (χ2v) is 3.26. The lowest BCUT2D eigenvalue weighted by molar-refractivity contribution is 0.890. The van der Waals surface area contributed by atoms with Crippen molar-refractivity contribution in [2.24, 2.45) is 0 Å². The fourth-order valence-electron chi connectivity index (χ4n) is 0.924. The lowest BCUT2D eigenvalue weighted by Crippen LogP contribution is -1.89. The van der Waals surface area contributed by atoms with E-state index in [4.69, 9.17) is 23.2 Å². The highest BCUT2D eigenvalue weighted by molar-refractivity contribution is 6.22. The Bertz CT molecular complexity index is 196. The van der Waals surface area contributed by atoms with Gasteiger partial charge in [0.1, 0.15) is 0 Å². The van der Waals surface area contributed by atoms with Crippen LogP contribution in [-0.4, -0.2) is 5.88 Å². The quantitative estimate of drug-likeness (QED) is 0.637. The highest BCUT2D eigenvalue weighted by Gasteiger charge is 2.04. The average Bonchev–Trinajstić information content (AvgIpc) is 2.07. The van der Waals surface area contributed by atoms with Crippen LogP contribution in [0.25, 0.3) is 0 Å². The molecule has 0 amide bonds. The predicted octanol–water partition coefficient (Wildman–Crippen LogP) is 3.60. The smallest absolute Gasteiger partial charge is 0.0596 e. The van der Waals surface area contributed by atoms with E-state index in [2.05, 4.69) is 0 Å².